The summed E-state index contributed by atoms with van der Waals surface area (Å²) < 4.78 is 28.9. The predicted molar refractivity (Wildman–Crippen MR) is 72.5 cm³/mol. The van der Waals surface area contributed by atoms with Gasteiger partial charge >= 0.3 is 0 Å². The summed E-state index contributed by atoms with van der Waals surface area (Å²) in [5.41, 5.74) is -0.225. The van der Waals surface area contributed by atoms with Crippen LogP contribution in [0.1, 0.15) is 46.0 Å². The molecule has 2 heterocycles. The van der Waals surface area contributed by atoms with Crippen LogP contribution in [0.2, 0.25) is 0 Å². The third-order valence-corrected chi connectivity index (χ3v) is 5.94. The summed E-state index contributed by atoms with van der Waals surface area (Å²) in [4.78, 5) is 0. The Hall–Kier alpha value is -0.130. The van der Waals surface area contributed by atoms with Gasteiger partial charge in [-0.15, -0.1) is 0 Å². The lowest BCUT2D eigenvalue weighted by Crippen LogP contribution is -2.52. The summed E-state index contributed by atoms with van der Waals surface area (Å²) in [5.74, 6) is 0.619. The van der Waals surface area contributed by atoms with Gasteiger partial charge < -0.3 is 10.1 Å². The normalized spacial score (nSPS) is 39.9. The molecular formula is C13H25NO3S. The van der Waals surface area contributed by atoms with Gasteiger partial charge in [-0.25, -0.2) is 8.42 Å². The fourth-order valence-electron chi connectivity index (χ4n) is 3.15. The highest BCUT2D eigenvalue weighted by atomic mass is 32.2. The van der Waals surface area contributed by atoms with E-state index in [9.17, 15) is 8.42 Å². The molecule has 0 amide bonds. The Balaban J connectivity index is 1.89. The third-order valence-electron chi connectivity index (χ3n) is 4.03. The maximum atomic E-state index is 11.6. The van der Waals surface area contributed by atoms with Crippen molar-refractivity contribution in [3.8, 4) is 0 Å². The molecule has 0 aromatic heterocycles. The van der Waals surface area contributed by atoms with Gasteiger partial charge in [0.05, 0.1) is 17.6 Å². The van der Waals surface area contributed by atoms with Gasteiger partial charge in [0.15, 0.2) is 9.84 Å². The zero-order valence-electron chi connectivity index (χ0n) is 11.4. The fraction of sp³-hybridized carbons (Fsp3) is 1.00. The average Bonchev–Trinajstić information content (AvgIpc) is 2.53. The number of sulfone groups is 1. The Labute approximate surface area is 110 Å². The van der Waals surface area contributed by atoms with Gasteiger partial charge in [0.25, 0.3) is 0 Å². The van der Waals surface area contributed by atoms with Gasteiger partial charge in [-0.3, -0.25) is 0 Å². The van der Waals surface area contributed by atoms with Crippen LogP contribution in [0.3, 0.4) is 0 Å². The van der Waals surface area contributed by atoms with Crippen molar-refractivity contribution in [1.82, 2.24) is 5.32 Å². The van der Waals surface area contributed by atoms with Gasteiger partial charge in [-0.1, -0.05) is 13.3 Å². The zero-order chi connectivity index (χ0) is 13.2. The number of rotatable bonds is 4. The summed E-state index contributed by atoms with van der Waals surface area (Å²) in [7, 11) is -2.82. The van der Waals surface area contributed by atoms with Crippen LogP contribution in [-0.2, 0) is 14.6 Å². The Morgan fingerprint density at radius 1 is 1.44 bits per heavy atom. The van der Waals surface area contributed by atoms with Crippen LogP contribution in [0.25, 0.3) is 0 Å². The second-order valence-electron chi connectivity index (χ2n) is 6.05. The molecule has 2 rings (SSSR count). The molecule has 3 atom stereocenters. The van der Waals surface area contributed by atoms with E-state index in [0.29, 0.717) is 17.9 Å². The summed E-state index contributed by atoms with van der Waals surface area (Å²) in [6, 6.07) is 0.411. The highest BCUT2D eigenvalue weighted by molar-refractivity contribution is 7.91. The lowest BCUT2D eigenvalue weighted by molar-refractivity contribution is -0.00733. The van der Waals surface area contributed by atoms with Crippen molar-refractivity contribution in [2.45, 2.75) is 63.6 Å². The molecule has 0 saturated carbocycles. The van der Waals surface area contributed by atoms with Crippen molar-refractivity contribution in [3.63, 3.8) is 0 Å². The number of hydrogen-bond acceptors (Lipinski definition) is 4. The smallest absolute Gasteiger partial charge is 0.152 e. The molecular weight excluding hydrogens is 250 g/mol. The minimum Gasteiger partial charge on any atom is -0.378 e. The molecule has 0 radical (unpaired) electrons. The molecule has 18 heavy (non-hydrogen) atoms. The van der Waals surface area contributed by atoms with Crippen molar-refractivity contribution in [2.24, 2.45) is 0 Å². The van der Waals surface area contributed by atoms with Crippen LogP contribution < -0.4 is 5.32 Å². The average molecular weight is 275 g/mol. The van der Waals surface area contributed by atoms with Crippen molar-refractivity contribution in [3.05, 3.63) is 0 Å². The maximum Gasteiger partial charge on any atom is 0.152 e. The summed E-state index contributed by atoms with van der Waals surface area (Å²) in [6.07, 6.45) is 5.35. The van der Waals surface area contributed by atoms with E-state index in [4.69, 9.17) is 4.74 Å². The number of nitrogens with one attached hydrogen (secondary N) is 1. The number of ether oxygens (including phenoxy) is 1. The molecule has 0 spiro atoms. The summed E-state index contributed by atoms with van der Waals surface area (Å²) >= 11 is 0. The highest BCUT2D eigenvalue weighted by Crippen LogP contribution is 2.26. The van der Waals surface area contributed by atoms with E-state index in [-0.39, 0.29) is 11.3 Å². The van der Waals surface area contributed by atoms with Crippen molar-refractivity contribution < 1.29 is 13.2 Å². The van der Waals surface area contributed by atoms with Crippen LogP contribution in [0.15, 0.2) is 0 Å². The van der Waals surface area contributed by atoms with E-state index in [1.54, 1.807) is 0 Å². The van der Waals surface area contributed by atoms with E-state index in [1.165, 1.54) is 0 Å². The standard InChI is InChI=1S/C13H25NO3S/c1-3-4-12-9-11(5-7-17-12)14-13(2)6-8-18(15,16)10-13/h11-12,14H,3-10H2,1-2H3. The van der Waals surface area contributed by atoms with E-state index in [0.717, 1.165) is 38.7 Å². The molecule has 2 fully saturated rings. The molecule has 4 nitrogen and oxygen atoms in total. The minimum absolute atomic E-state index is 0.225. The summed E-state index contributed by atoms with van der Waals surface area (Å²) in [5, 5.41) is 3.58. The van der Waals surface area contributed by atoms with E-state index >= 15 is 0 Å². The fourth-order valence-corrected chi connectivity index (χ4v) is 5.26. The first-order valence-corrected chi connectivity index (χ1v) is 8.84. The second kappa shape index (κ2) is 5.47. The van der Waals surface area contributed by atoms with Crippen LogP contribution in [-0.4, -0.2) is 44.2 Å². The third kappa shape index (κ3) is 3.68. The van der Waals surface area contributed by atoms with E-state index in [2.05, 4.69) is 12.2 Å². The Morgan fingerprint density at radius 2 is 2.22 bits per heavy atom. The highest BCUT2D eigenvalue weighted by Gasteiger charge is 2.40. The van der Waals surface area contributed by atoms with Gasteiger partial charge in [-0.2, -0.15) is 0 Å². The first-order chi connectivity index (χ1) is 8.42. The van der Waals surface area contributed by atoms with Crippen molar-refractivity contribution in [1.29, 1.82) is 0 Å². The molecule has 106 valence electrons. The molecule has 1 N–H and O–H groups in total. The maximum absolute atomic E-state index is 11.6. The zero-order valence-corrected chi connectivity index (χ0v) is 12.3. The Morgan fingerprint density at radius 3 is 2.83 bits per heavy atom. The largest absolute Gasteiger partial charge is 0.378 e. The molecule has 0 bridgehead atoms. The molecule has 2 aliphatic rings. The second-order valence-corrected chi connectivity index (χ2v) is 8.23. The van der Waals surface area contributed by atoms with Crippen LogP contribution in [0.5, 0.6) is 0 Å². The van der Waals surface area contributed by atoms with E-state index < -0.39 is 9.84 Å². The number of hydrogen-bond donors (Lipinski definition) is 1. The molecule has 3 unspecified atom stereocenters. The molecule has 5 heteroatoms. The van der Waals surface area contributed by atoms with E-state index in [1.807, 2.05) is 6.92 Å². The molecule has 0 aromatic carbocycles. The SMILES string of the molecule is CCCC1CC(NC2(C)CCS(=O)(=O)C2)CCO1. The lowest BCUT2D eigenvalue weighted by Gasteiger charge is -2.36. The van der Waals surface area contributed by atoms with Gasteiger partial charge in [0.1, 0.15) is 0 Å². The monoisotopic (exact) mass is 275 g/mol. The minimum atomic E-state index is -2.82. The van der Waals surface area contributed by atoms with Crippen LogP contribution in [0.4, 0.5) is 0 Å². The molecule has 0 aromatic rings. The van der Waals surface area contributed by atoms with Gasteiger partial charge in [0, 0.05) is 18.2 Å². The van der Waals surface area contributed by atoms with Crippen LogP contribution in [0, 0.1) is 0 Å². The topological polar surface area (TPSA) is 55.4 Å². The molecule has 0 aliphatic carbocycles. The van der Waals surface area contributed by atoms with Crippen molar-refractivity contribution in [2.75, 3.05) is 18.1 Å². The molecule has 2 aliphatic heterocycles. The van der Waals surface area contributed by atoms with Gasteiger partial charge in [-0.05, 0) is 32.6 Å². The Kier molecular flexibility index (Phi) is 4.34. The lowest BCUT2D eigenvalue weighted by atomic mass is 9.94. The first kappa shape index (κ1) is 14.3. The molecule has 2 saturated heterocycles. The van der Waals surface area contributed by atoms with Crippen molar-refractivity contribution >= 4 is 9.84 Å². The Bertz CT molecular complexity index is 380. The predicted octanol–water partition coefficient (Wildman–Crippen LogP) is 1.50. The first-order valence-electron chi connectivity index (χ1n) is 7.02. The van der Waals surface area contributed by atoms with Gasteiger partial charge in [0.2, 0.25) is 0 Å². The summed E-state index contributed by atoms with van der Waals surface area (Å²) in [6.45, 7) is 5.01. The quantitative estimate of drug-likeness (QED) is 0.845. The van der Waals surface area contributed by atoms with Crippen LogP contribution >= 0.6 is 0 Å².